The summed E-state index contributed by atoms with van der Waals surface area (Å²) in [6, 6.07) is 10.1. The Balaban J connectivity index is 2.58. The van der Waals surface area contributed by atoms with Gasteiger partial charge in [0.2, 0.25) is 0 Å². The molecule has 0 atom stereocenters. The average Bonchev–Trinajstić information content (AvgIpc) is 2.56. The molecule has 0 amide bonds. The van der Waals surface area contributed by atoms with E-state index in [9.17, 15) is 0 Å². The van der Waals surface area contributed by atoms with Crippen LogP contribution >= 0.6 is 11.6 Å². The molecule has 2 rings (SSSR count). The van der Waals surface area contributed by atoms with Crippen LogP contribution in [0.5, 0.6) is 0 Å². The number of nitrogens with zero attached hydrogens (tertiary/aromatic N) is 2. The Bertz CT molecular complexity index is 460. The second kappa shape index (κ2) is 4.07. The van der Waals surface area contributed by atoms with E-state index in [1.165, 1.54) is 0 Å². The molecule has 2 nitrogen and oxygen atoms in total. The van der Waals surface area contributed by atoms with Crippen molar-refractivity contribution in [2.75, 3.05) is 0 Å². The van der Waals surface area contributed by atoms with Crippen molar-refractivity contribution < 1.29 is 0 Å². The maximum atomic E-state index is 6.16. The number of halogens is 1. The van der Waals surface area contributed by atoms with E-state index in [0.29, 0.717) is 0 Å². The molecule has 1 heterocycles. The van der Waals surface area contributed by atoms with Crippen LogP contribution in [0.4, 0.5) is 0 Å². The van der Waals surface area contributed by atoms with E-state index >= 15 is 0 Å². The lowest BCUT2D eigenvalue weighted by molar-refractivity contribution is 0.771. The summed E-state index contributed by atoms with van der Waals surface area (Å²) in [7, 11) is 1.87. The Morgan fingerprint density at radius 1 is 1.27 bits per heavy atom. The van der Waals surface area contributed by atoms with Gasteiger partial charge in [-0.05, 0) is 6.42 Å². The number of aryl methyl sites for hydroxylation is 1. The number of benzene rings is 1. The molecule has 3 heteroatoms. The zero-order valence-electron chi connectivity index (χ0n) is 8.87. The number of hydrogen-bond donors (Lipinski definition) is 0. The average molecular weight is 221 g/mol. The Hall–Kier alpha value is -1.28. The molecular weight excluding hydrogens is 208 g/mol. The van der Waals surface area contributed by atoms with Crippen LogP contribution in [-0.2, 0) is 13.5 Å². The fourth-order valence-electron chi connectivity index (χ4n) is 1.69. The lowest BCUT2D eigenvalue weighted by Gasteiger charge is -1.99. The van der Waals surface area contributed by atoms with Crippen molar-refractivity contribution in [1.29, 1.82) is 0 Å². The summed E-state index contributed by atoms with van der Waals surface area (Å²) in [6.07, 6.45) is 0.900. The highest BCUT2D eigenvalue weighted by Crippen LogP contribution is 2.28. The van der Waals surface area contributed by atoms with Gasteiger partial charge < -0.3 is 0 Å². The smallest absolute Gasteiger partial charge is 0.130 e. The lowest BCUT2D eigenvalue weighted by Crippen LogP contribution is -1.89. The van der Waals surface area contributed by atoms with Crippen molar-refractivity contribution >= 4 is 11.6 Å². The SMILES string of the molecule is CCc1c(-c2ccccc2)nn(C)c1Cl. The minimum absolute atomic E-state index is 0.733. The first-order valence-electron chi connectivity index (χ1n) is 5.00. The number of hydrogen-bond acceptors (Lipinski definition) is 1. The molecule has 1 aromatic heterocycles. The molecule has 1 aromatic carbocycles. The van der Waals surface area contributed by atoms with Crippen molar-refractivity contribution in [1.82, 2.24) is 9.78 Å². The summed E-state index contributed by atoms with van der Waals surface area (Å²) in [5, 5.41) is 5.17. The van der Waals surface area contributed by atoms with E-state index in [-0.39, 0.29) is 0 Å². The minimum Gasteiger partial charge on any atom is -0.256 e. The van der Waals surface area contributed by atoms with Gasteiger partial charge in [0, 0.05) is 18.2 Å². The van der Waals surface area contributed by atoms with E-state index in [4.69, 9.17) is 11.6 Å². The van der Waals surface area contributed by atoms with E-state index < -0.39 is 0 Å². The van der Waals surface area contributed by atoms with Crippen LogP contribution in [0.25, 0.3) is 11.3 Å². The van der Waals surface area contributed by atoms with Crippen molar-refractivity contribution in [3.05, 3.63) is 41.0 Å². The molecule has 0 bridgehead atoms. The molecule has 0 aliphatic rings. The highest BCUT2D eigenvalue weighted by atomic mass is 35.5. The molecule has 0 N–H and O–H groups in total. The second-order valence-corrected chi connectivity index (χ2v) is 3.82. The highest BCUT2D eigenvalue weighted by molar-refractivity contribution is 6.30. The number of aromatic nitrogens is 2. The van der Waals surface area contributed by atoms with E-state index in [1.54, 1.807) is 4.68 Å². The van der Waals surface area contributed by atoms with Gasteiger partial charge in [0.1, 0.15) is 5.15 Å². The molecule has 0 unspecified atom stereocenters. The van der Waals surface area contributed by atoms with Gasteiger partial charge in [0.25, 0.3) is 0 Å². The third-order valence-corrected chi connectivity index (χ3v) is 2.94. The Morgan fingerprint density at radius 2 is 1.93 bits per heavy atom. The first kappa shape index (κ1) is 10.2. The van der Waals surface area contributed by atoms with Gasteiger partial charge in [-0.15, -0.1) is 0 Å². The van der Waals surface area contributed by atoms with Gasteiger partial charge in [0.05, 0.1) is 5.69 Å². The summed E-state index contributed by atoms with van der Waals surface area (Å²) >= 11 is 6.16. The van der Waals surface area contributed by atoms with Gasteiger partial charge in [-0.2, -0.15) is 5.10 Å². The maximum Gasteiger partial charge on any atom is 0.130 e. The van der Waals surface area contributed by atoms with Crippen LogP contribution < -0.4 is 0 Å². The molecule has 2 aromatic rings. The Labute approximate surface area is 94.5 Å². The van der Waals surface area contributed by atoms with Gasteiger partial charge in [-0.3, -0.25) is 4.68 Å². The highest BCUT2D eigenvalue weighted by Gasteiger charge is 2.13. The van der Waals surface area contributed by atoms with Crippen LogP contribution in [0, 0.1) is 0 Å². The Kier molecular flexibility index (Phi) is 2.78. The molecule has 0 saturated heterocycles. The third kappa shape index (κ3) is 1.77. The standard InChI is InChI=1S/C12H13ClN2/c1-3-10-11(14-15(2)12(10)13)9-7-5-4-6-8-9/h4-8H,3H2,1-2H3. The number of rotatable bonds is 2. The zero-order chi connectivity index (χ0) is 10.8. The van der Waals surface area contributed by atoms with Gasteiger partial charge in [-0.1, -0.05) is 48.9 Å². The minimum atomic E-state index is 0.733. The van der Waals surface area contributed by atoms with Gasteiger partial charge >= 0.3 is 0 Å². The molecule has 0 saturated carbocycles. The summed E-state index contributed by atoms with van der Waals surface area (Å²) in [6.45, 7) is 2.09. The zero-order valence-corrected chi connectivity index (χ0v) is 9.62. The quantitative estimate of drug-likeness (QED) is 0.760. The fraction of sp³-hybridized carbons (Fsp3) is 0.250. The predicted molar refractivity (Wildman–Crippen MR) is 63.0 cm³/mol. The maximum absolute atomic E-state index is 6.16. The monoisotopic (exact) mass is 220 g/mol. The first-order valence-corrected chi connectivity index (χ1v) is 5.38. The van der Waals surface area contributed by atoms with Crippen molar-refractivity contribution in [2.24, 2.45) is 7.05 Å². The molecule has 78 valence electrons. The van der Waals surface area contributed by atoms with E-state index in [0.717, 1.165) is 28.4 Å². The van der Waals surface area contributed by atoms with E-state index in [2.05, 4.69) is 24.2 Å². The van der Waals surface area contributed by atoms with Crippen molar-refractivity contribution in [3.8, 4) is 11.3 Å². The largest absolute Gasteiger partial charge is 0.256 e. The topological polar surface area (TPSA) is 17.8 Å². The predicted octanol–water partition coefficient (Wildman–Crippen LogP) is 3.30. The summed E-state index contributed by atoms with van der Waals surface area (Å²) in [5.74, 6) is 0. The van der Waals surface area contributed by atoms with Crippen LogP contribution in [0.2, 0.25) is 5.15 Å². The first-order chi connectivity index (χ1) is 7.24. The van der Waals surface area contributed by atoms with Gasteiger partial charge in [0.15, 0.2) is 0 Å². The summed E-state index contributed by atoms with van der Waals surface area (Å²) in [5.41, 5.74) is 3.23. The van der Waals surface area contributed by atoms with Crippen LogP contribution in [0.15, 0.2) is 30.3 Å². The van der Waals surface area contributed by atoms with Gasteiger partial charge in [-0.25, -0.2) is 0 Å². The molecular formula is C12H13ClN2. The van der Waals surface area contributed by atoms with E-state index in [1.807, 2.05) is 25.2 Å². The lowest BCUT2D eigenvalue weighted by atomic mass is 10.1. The second-order valence-electron chi connectivity index (χ2n) is 3.46. The fourth-order valence-corrected chi connectivity index (χ4v) is 1.95. The normalized spacial score (nSPS) is 10.6. The molecule has 0 radical (unpaired) electrons. The molecule has 0 aliphatic heterocycles. The third-order valence-electron chi connectivity index (χ3n) is 2.47. The Morgan fingerprint density at radius 3 is 2.53 bits per heavy atom. The van der Waals surface area contributed by atoms with Crippen LogP contribution in [0.3, 0.4) is 0 Å². The molecule has 15 heavy (non-hydrogen) atoms. The van der Waals surface area contributed by atoms with Crippen LogP contribution in [0.1, 0.15) is 12.5 Å². The summed E-state index contributed by atoms with van der Waals surface area (Å²) < 4.78 is 1.72. The molecule has 0 aliphatic carbocycles. The molecule has 0 spiro atoms. The molecule has 0 fully saturated rings. The van der Waals surface area contributed by atoms with Crippen molar-refractivity contribution in [2.45, 2.75) is 13.3 Å². The summed E-state index contributed by atoms with van der Waals surface area (Å²) in [4.78, 5) is 0. The van der Waals surface area contributed by atoms with Crippen molar-refractivity contribution in [3.63, 3.8) is 0 Å². The van der Waals surface area contributed by atoms with Crippen LogP contribution in [-0.4, -0.2) is 9.78 Å².